The van der Waals surface area contributed by atoms with Gasteiger partial charge in [0.05, 0.1) is 6.61 Å². The lowest BCUT2D eigenvalue weighted by Crippen LogP contribution is -2.11. The lowest BCUT2D eigenvalue weighted by atomic mass is 10.0. The normalized spacial score (nSPS) is 16.4. The molecule has 12 heavy (non-hydrogen) atoms. The van der Waals surface area contributed by atoms with Crippen LogP contribution in [0.5, 0.6) is 0 Å². The van der Waals surface area contributed by atoms with Crippen LogP contribution in [0.4, 0.5) is 0 Å². The van der Waals surface area contributed by atoms with Crippen LogP contribution in [0.15, 0.2) is 23.4 Å². The van der Waals surface area contributed by atoms with Gasteiger partial charge in [-0.25, -0.2) is 4.79 Å². The van der Waals surface area contributed by atoms with E-state index in [1.807, 2.05) is 0 Å². The number of carbonyl (C=O) groups excluding carboxylic acids is 1. The summed E-state index contributed by atoms with van der Waals surface area (Å²) in [4.78, 5) is 11.1. The van der Waals surface area contributed by atoms with E-state index in [4.69, 9.17) is 10.5 Å². The molecule has 0 radical (unpaired) electrons. The summed E-state index contributed by atoms with van der Waals surface area (Å²) in [6.45, 7) is 2.22. The molecule has 0 aromatic rings. The van der Waals surface area contributed by atoms with Crippen molar-refractivity contribution < 1.29 is 9.53 Å². The number of allylic oxidation sites excluding steroid dienone is 3. The molecule has 0 aromatic carbocycles. The first-order valence-corrected chi connectivity index (χ1v) is 4.06. The molecule has 0 bridgehead atoms. The summed E-state index contributed by atoms with van der Waals surface area (Å²) in [5, 5.41) is 0. The van der Waals surface area contributed by atoms with Gasteiger partial charge in [-0.15, -0.1) is 0 Å². The summed E-state index contributed by atoms with van der Waals surface area (Å²) >= 11 is 0. The molecule has 0 saturated heterocycles. The van der Waals surface area contributed by atoms with Gasteiger partial charge in [-0.3, -0.25) is 0 Å². The Balaban J connectivity index is 2.59. The molecule has 0 unspecified atom stereocenters. The number of nitrogens with two attached hydrogens (primary N) is 1. The van der Waals surface area contributed by atoms with Gasteiger partial charge in [-0.2, -0.15) is 0 Å². The standard InChI is InChI=1S/C9H13NO2/c1-2-12-9(11)7-3-5-8(10)6-4-7/h3,5H,2,4,6,10H2,1H3. The van der Waals surface area contributed by atoms with Crippen molar-refractivity contribution in [2.24, 2.45) is 5.73 Å². The number of rotatable bonds is 2. The van der Waals surface area contributed by atoms with Crippen molar-refractivity contribution in [3.8, 4) is 0 Å². The van der Waals surface area contributed by atoms with Crippen molar-refractivity contribution in [1.29, 1.82) is 0 Å². The first-order valence-electron chi connectivity index (χ1n) is 4.06. The van der Waals surface area contributed by atoms with E-state index in [0.717, 1.165) is 12.1 Å². The van der Waals surface area contributed by atoms with Crippen LogP contribution in [-0.2, 0) is 9.53 Å². The zero-order chi connectivity index (χ0) is 8.97. The summed E-state index contributed by atoms with van der Waals surface area (Å²) in [5.41, 5.74) is 7.07. The van der Waals surface area contributed by atoms with Crippen LogP contribution >= 0.6 is 0 Å². The summed E-state index contributed by atoms with van der Waals surface area (Å²) in [6, 6.07) is 0. The zero-order valence-corrected chi connectivity index (χ0v) is 7.17. The van der Waals surface area contributed by atoms with Gasteiger partial charge >= 0.3 is 5.97 Å². The van der Waals surface area contributed by atoms with E-state index in [9.17, 15) is 4.79 Å². The van der Waals surface area contributed by atoms with Crippen molar-refractivity contribution in [3.05, 3.63) is 23.4 Å². The lowest BCUT2D eigenvalue weighted by Gasteiger charge is -2.10. The molecular formula is C9H13NO2. The molecule has 0 spiro atoms. The van der Waals surface area contributed by atoms with E-state index in [0.29, 0.717) is 18.6 Å². The molecule has 0 aromatic heterocycles. The Bertz CT molecular complexity index is 241. The number of hydrogen-bond acceptors (Lipinski definition) is 3. The fourth-order valence-electron chi connectivity index (χ4n) is 1.05. The van der Waals surface area contributed by atoms with Crippen LogP contribution in [0.2, 0.25) is 0 Å². The van der Waals surface area contributed by atoms with Gasteiger partial charge in [0.2, 0.25) is 0 Å². The second-order valence-corrected chi connectivity index (χ2v) is 2.65. The van der Waals surface area contributed by atoms with E-state index in [2.05, 4.69) is 0 Å². The quantitative estimate of drug-likeness (QED) is 0.627. The highest BCUT2D eigenvalue weighted by molar-refractivity contribution is 5.89. The maximum absolute atomic E-state index is 11.1. The topological polar surface area (TPSA) is 52.3 Å². The molecule has 66 valence electrons. The molecule has 0 amide bonds. The molecule has 1 rings (SSSR count). The van der Waals surface area contributed by atoms with Gasteiger partial charge in [-0.1, -0.05) is 6.08 Å². The summed E-state index contributed by atoms with van der Waals surface area (Å²) in [6.07, 6.45) is 4.94. The van der Waals surface area contributed by atoms with E-state index >= 15 is 0 Å². The third-order valence-electron chi connectivity index (χ3n) is 1.72. The van der Waals surface area contributed by atoms with Crippen LogP contribution in [0.1, 0.15) is 19.8 Å². The Labute approximate surface area is 71.9 Å². The van der Waals surface area contributed by atoms with E-state index in [1.54, 1.807) is 19.1 Å². The van der Waals surface area contributed by atoms with Gasteiger partial charge in [0, 0.05) is 11.3 Å². The van der Waals surface area contributed by atoms with E-state index < -0.39 is 0 Å². The highest BCUT2D eigenvalue weighted by Gasteiger charge is 2.12. The van der Waals surface area contributed by atoms with Gasteiger partial charge < -0.3 is 10.5 Å². The Hall–Kier alpha value is -1.25. The van der Waals surface area contributed by atoms with Gasteiger partial charge in [0.1, 0.15) is 0 Å². The van der Waals surface area contributed by atoms with Crippen molar-refractivity contribution in [1.82, 2.24) is 0 Å². The SMILES string of the molecule is CCOC(=O)C1=CC=C(N)CC1. The fraction of sp³-hybridized carbons (Fsp3) is 0.444. The number of carbonyl (C=O) groups is 1. The van der Waals surface area contributed by atoms with Crippen LogP contribution in [-0.4, -0.2) is 12.6 Å². The molecule has 0 aliphatic heterocycles. The second kappa shape index (κ2) is 3.95. The van der Waals surface area contributed by atoms with Crippen molar-refractivity contribution in [2.75, 3.05) is 6.61 Å². The number of ether oxygens (including phenoxy) is 1. The average molecular weight is 167 g/mol. The summed E-state index contributed by atoms with van der Waals surface area (Å²) < 4.78 is 4.84. The molecule has 0 fully saturated rings. The third kappa shape index (κ3) is 2.12. The molecule has 3 nitrogen and oxygen atoms in total. The van der Waals surface area contributed by atoms with Gasteiger partial charge in [0.15, 0.2) is 0 Å². The summed E-state index contributed by atoms with van der Waals surface area (Å²) in [7, 11) is 0. The van der Waals surface area contributed by atoms with Crippen LogP contribution in [0.3, 0.4) is 0 Å². The zero-order valence-electron chi connectivity index (χ0n) is 7.17. The van der Waals surface area contributed by atoms with Crippen molar-refractivity contribution in [3.63, 3.8) is 0 Å². The molecule has 1 aliphatic rings. The van der Waals surface area contributed by atoms with Crippen LogP contribution in [0.25, 0.3) is 0 Å². The Kier molecular flexibility index (Phi) is 2.91. The lowest BCUT2D eigenvalue weighted by molar-refractivity contribution is -0.138. The molecule has 1 aliphatic carbocycles. The molecule has 2 N–H and O–H groups in total. The van der Waals surface area contributed by atoms with Gasteiger partial charge in [-0.05, 0) is 25.8 Å². The average Bonchev–Trinajstić information content (AvgIpc) is 2.06. The Morgan fingerprint density at radius 2 is 2.33 bits per heavy atom. The van der Waals surface area contributed by atoms with Crippen LogP contribution in [0, 0.1) is 0 Å². The highest BCUT2D eigenvalue weighted by atomic mass is 16.5. The predicted octanol–water partition coefficient (Wildman–Crippen LogP) is 1.11. The smallest absolute Gasteiger partial charge is 0.333 e. The predicted molar refractivity (Wildman–Crippen MR) is 46.2 cm³/mol. The molecule has 0 saturated carbocycles. The number of esters is 1. The number of hydrogen-bond donors (Lipinski definition) is 1. The van der Waals surface area contributed by atoms with Crippen molar-refractivity contribution >= 4 is 5.97 Å². The first kappa shape index (κ1) is 8.84. The Morgan fingerprint density at radius 1 is 1.58 bits per heavy atom. The minimum absolute atomic E-state index is 0.221. The minimum Gasteiger partial charge on any atom is -0.463 e. The highest BCUT2D eigenvalue weighted by Crippen LogP contribution is 2.15. The van der Waals surface area contributed by atoms with Crippen molar-refractivity contribution in [2.45, 2.75) is 19.8 Å². The van der Waals surface area contributed by atoms with Gasteiger partial charge in [0.25, 0.3) is 0 Å². The Morgan fingerprint density at radius 3 is 2.83 bits per heavy atom. The third-order valence-corrected chi connectivity index (χ3v) is 1.72. The first-order chi connectivity index (χ1) is 5.74. The maximum atomic E-state index is 11.1. The maximum Gasteiger partial charge on any atom is 0.333 e. The largest absolute Gasteiger partial charge is 0.463 e. The van der Waals surface area contributed by atoms with Crippen LogP contribution < -0.4 is 5.73 Å². The van der Waals surface area contributed by atoms with E-state index in [-0.39, 0.29) is 5.97 Å². The minimum atomic E-state index is -0.221. The summed E-state index contributed by atoms with van der Waals surface area (Å²) in [5.74, 6) is -0.221. The molecule has 0 atom stereocenters. The monoisotopic (exact) mass is 167 g/mol. The molecule has 3 heteroatoms. The fourth-order valence-corrected chi connectivity index (χ4v) is 1.05. The molecular weight excluding hydrogens is 154 g/mol. The second-order valence-electron chi connectivity index (χ2n) is 2.65. The van der Waals surface area contributed by atoms with E-state index in [1.165, 1.54) is 0 Å². The molecule has 0 heterocycles.